The van der Waals surface area contributed by atoms with E-state index in [4.69, 9.17) is 9.84 Å². The van der Waals surface area contributed by atoms with Crippen molar-refractivity contribution in [3.63, 3.8) is 0 Å². The summed E-state index contributed by atoms with van der Waals surface area (Å²) in [7, 11) is 0. The van der Waals surface area contributed by atoms with E-state index < -0.39 is 11.7 Å². The highest BCUT2D eigenvalue weighted by Crippen LogP contribution is 2.41. The van der Waals surface area contributed by atoms with Crippen LogP contribution in [0.15, 0.2) is 17.5 Å². The summed E-state index contributed by atoms with van der Waals surface area (Å²) < 4.78 is 7.99. The molecule has 4 rings (SSSR count). The van der Waals surface area contributed by atoms with E-state index >= 15 is 0 Å². The largest absolute Gasteiger partial charge is 0.465 e. The van der Waals surface area contributed by atoms with E-state index in [1.165, 1.54) is 14.3 Å². The van der Waals surface area contributed by atoms with E-state index in [9.17, 15) is 9.59 Å². The number of anilines is 1. The van der Waals surface area contributed by atoms with Gasteiger partial charge in [-0.1, -0.05) is 0 Å². The smallest absolute Gasteiger partial charge is 0.415 e. The van der Waals surface area contributed by atoms with Crippen molar-refractivity contribution in [2.24, 2.45) is 0 Å². The number of thiophene rings is 2. The highest BCUT2D eigenvalue weighted by atomic mass is 32.1. The molecule has 2 saturated heterocycles. The molecule has 2 aliphatic heterocycles. The van der Waals surface area contributed by atoms with Gasteiger partial charge in [-0.05, 0) is 17.5 Å². The van der Waals surface area contributed by atoms with E-state index in [0.29, 0.717) is 32.5 Å². The fraction of sp³-hybridized carbons (Fsp3) is 0.429. The van der Waals surface area contributed by atoms with E-state index in [1.807, 2.05) is 11.4 Å². The average Bonchev–Trinajstić information content (AvgIpc) is 3.12. The van der Waals surface area contributed by atoms with Gasteiger partial charge in [0.15, 0.2) is 0 Å². The molecule has 0 bridgehead atoms. The van der Waals surface area contributed by atoms with Crippen molar-refractivity contribution in [3.05, 3.63) is 17.5 Å². The molecule has 1 N–H and O–H groups in total. The maximum Gasteiger partial charge on any atom is 0.415 e. The number of rotatable bonds is 1. The molecular weight excluding hydrogens is 324 g/mol. The number of amides is 2. The van der Waals surface area contributed by atoms with Crippen LogP contribution in [-0.2, 0) is 4.74 Å². The predicted octanol–water partition coefficient (Wildman–Crippen LogP) is 3.43. The van der Waals surface area contributed by atoms with Gasteiger partial charge in [0.2, 0.25) is 0 Å². The molecule has 22 heavy (non-hydrogen) atoms. The zero-order valence-electron chi connectivity index (χ0n) is 11.7. The summed E-state index contributed by atoms with van der Waals surface area (Å²) in [5.74, 6) is 0. The van der Waals surface area contributed by atoms with Gasteiger partial charge in [0, 0.05) is 35.3 Å². The monoisotopic (exact) mass is 338 g/mol. The normalized spacial score (nSPS) is 20.8. The molecule has 1 spiro atoms. The van der Waals surface area contributed by atoms with E-state index in [0.717, 1.165) is 5.00 Å². The molecule has 8 heteroatoms. The third kappa shape index (κ3) is 2.14. The Bertz CT molecular complexity index is 716. The summed E-state index contributed by atoms with van der Waals surface area (Å²) in [5, 5.41) is 12.0. The Labute approximate surface area is 134 Å². The second-order valence-corrected chi connectivity index (χ2v) is 7.65. The second-order valence-electron chi connectivity index (χ2n) is 5.64. The lowest BCUT2D eigenvalue weighted by molar-refractivity contribution is 0.00454. The van der Waals surface area contributed by atoms with E-state index in [1.54, 1.807) is 27.6 Å². The molecule has 0 radical (unpaired) electrons. The van der Waals surface area contributed by atoms with Crippen LogP contribution in [0.4, 0.5) is 14.6 Å². The van der Waals surface area contributed by atoms with Crippen molar-refractivity contribution in [2.75, 3.05) is 24.5 Å². The van der Waals surface area contributed by atoms with Crippen LogP contribution in [0.2, 0.25) is 0 Å². The quantitative estimate of drug-likeness (QED) is 0.865. The van der Waals surface area contributed by atoms with Crippen LogP contribution < -0.4 is 4.90 Å². The summed E-state index contributed by atoms with van der Waals surface area (Å²) >= 11 is 3.25. The second kappa shape index (κ2) is 4.85. The van der Waals surface area contributed by atoms with Crippen molar-refractivity contribution in [2.45, 2.75) is 18.4 Å². The zero-order valence-corrected chi connectivity index (χ0v) is 13.3. The van der Waals surface area contributed by atoms with Crippen molar-refractivity contribution in [1.82, 2.24) is 4.90 Å². The lowest BCUT2D eigenvalue weighted by atomic mass is 9.91. The first-order valence-corrected chi connectivity index (χ1v) is 8.71. The summed E-state index contributed by atoms with van der Waals surface area (Å²) in [5.41, 5.74) is -0.541. The molecule has 2 aromatic heterocycles. The van der Waals surface area contributed by atoms with Gasteiger partial charge in [0.05, 0.1) is 6.54 Å². The van der Waals surface area contributed by atoms with Gasteiger partial charge >= 0.3 is 12.2 Å². The number of carbonyl (C=O) groups excluding carboxylic acids is 1. The van der Waals surface area contributed by atoms with Crippen molar-refractivity contribution in [3.8, 4) is 0 Å². The first-order valence-electron chi connectivity index (χ1n) is 7.02. The molecule has 0 aliphatic carbocycles. The van der Waals surface area contributed by atoms with Gasteiger partial charge in [-0.15, -0.1) is 22.7 Å². The number of carbonyl (C=O) groups is 2. The molecule has 6 nitrogen and oxygen atoms in total. The Morgan fingerprint density at radius 2 is 2.09 bits per heavy atom. The van der Waals surface area contributed by atoms with Gasteiger partial charge < -0.3 is 14.7 Å². The maximum absolute atomic E-state index is 12.2. The third-order valence-corrected chi connectivity index (χ3v) is 6.42. The number of hydrogen-bond acceptors (Lipinski definition) is 5. The number of fused-ring (bicyclic) bond motifs is 1. The van der Waals surface area contributed by atoms with Gasteiger partial charge in [-0.3, -0.25) is 4.90 Å². The first kappa shape index (κ1) is 13.8. The van der Waals surface area contributed by atoms with Gasteiger partial charge in [-0.2, -0.15) is 0 Å². The summed E-state index contributed by atoms with van der Waals surface area (Å²) in [4.78, 5) is 26.3. The Morgan fingerprint density at radius 1 is 1.32 bits per heavy atom. The van der Waals surface area contributed by atoms with E-state index in [2.05, 4.69) is 6.07 Å². The number of nitrogens with zero attached hydrogens (tertiary/aromatic N) is 2. The molecule has 2 amide bonds. The van der Waals surface area contributed by atoms with Crippen molar-refractivity contribution >= 4 is 49.3 Å². The summed E-state index contributed by atoms with van der Waals surface area (Å²) in [6.45, 7) is 1.33. The number of likely N-dealkylation sites (tertiary alicyclic amines) is 1. The third-order valence-electron chi connectivity index (χ3n) is 4.31. The fourth-order valence-corrected chi connectivity index (χ4v) is 5.14. The van der Waals surface area contributed by atoms with Crippen LogP contribution >= 0.6 is 22.7 Å². The van der Waals surface area contributed by atoms with Crippen LogP contribution in [0.3, 0.4) is 0 Å². The highest BCUT2D eigenvalue weighted by molar-refractivity contribution is 7.29. The Morgan fingerprint density at radius 3 is 2.77 bits per heavy atom. The molecule has 2 fully saturated rings. The Balaban J connectivity index is 1.54. The molecule has 2 aromatic rings. The van der Waals surface area contributed by atoms with E-state index in [-0.39, 0.29) is 6.09 Å². The van der Waals surface area contributed by atoms with Gasteiger partial charge in [-0.25, -0.2) is 9.59 Å². The standard InChI is InChI=1S/C14H14N2O4S2/c17-12(18)15-4-2-14(3-5-15)8-16(13(19)20-14)11-7-10-9(22-11)1-6-21-10/h1,6-7H,2-5,8H2,(H,17,18). The molecule has 0 unspecified atom stereocenters. The lowest BCUT2D eigenvalue weighted by Gasteiger charge is -2.35. The molecule has 4 heterocycles. The predicted molar refractivity (Wildman–Crippen MR) is 85.1 cm³/mol. The summed E-state index contributed by atoms with van der Waals surface area (Å²) in [6, 6.07) is 4.08. The summed E-state index contributed by atoms with van der Waals surface area (Å²) in [6.07, 6.45) is -0.116. The van der Waals surface area contributed by atoms with Crippen molar-refractivity contribution < 1.29 is 19.4 Å². The van der Waals surface area contributed by atoms with Crippen LogP contribution in [0, 0.1) is 0 Å². The minimum absolute atomic E-state index is 0.322. The number of ether oxygens (including phenoxy) is 1. The zero-order chi connectivity index (χ0) is 15.3. The molecular formula is C14H14N2O4S2. The van der Waals surface area contributed by atoms with Crippen LogP contribution in [0.5, 0.6) is 0 Å². The molecule has 0 saturated carbocycles. The SMILES string of the molecule is O=C(O)N1CCC2(CC1)CN(c1cc3sccc3s1)C(=O)O2. The average molecular weight is 338 g/mol. The fourth-order valence-electron chi connectivity index (χ4n) is 3.04. The Hall–Kier alpha value is -1.80. The van der Waals surface area contributed by atoms with Crippen molar-refractivity contribution in [1.29, 1.82) is 0 Å². The van der Waals surface area contributed by atoms with Gasteiger partial charge in [0.1, 0.15) is 10.6 Å². The minimum atomic E-state index is -0.908. The number of hydrogen-bond donors (Lipinski definition) is 1. The lowest BCUT2D eigenvalue weighted by Crippen LogP contribution is -2.48. The van der Waals surface area contributed by atoms with Gasteiger partial charge in [0.25, 0.3) is 0 Å². The molecule has 116 valence electrons. The van der Waals surface area contributed by atoms with Crippen LogP contribution in [0.25, 0.3) is 9.40 Å². The van der Waals surface area contributed by atoms with Crippen LogP contribution in [-0.4, -0.2) is 47.4 Å². The Kier molecular flexibility index (Phi) is 3.05. The topological polar surface area (TPSA) is 70.1 Å². The molecule has 0 aromatic carbocycles. The molecule has 0 atom stereocenters. The number of piperidine rings is 1. The van der Waals surface area contributed by atoms with Crippen LogP contribution in [0.1, 0.15) is 12.8 Å². The molecule has 2 aliphatic rings. The number of carboxylic acid groups (broad SMARTS) is 1. The maximum atomic E-state index is 12.2. The minimum Gasteiger partial charge on any atom is -0.465 e. The highest BCUT2D eigenvalue weighted by Gasteiger charge is 2.48. The first-order chi connectivity index (χ1) is 10.6.